The number of aromatic nitrogens is 2. The first-order valence-electron chi connectivity index (χ1n) is 6.78. The molecule has 0 saturated carbocycles. The molecule has 0 atom stereocenters. The summed E-state index contributed by atoms with van der Waals surface area (Å²) in [7, 11) is 1.81. The summed E-state index contributed by atoms with van der Waals surface area (Å²) >= 11 is 0. The van der Waals surface area contributed by atoms with Crippen LogP contribution in [0.5, 0.6) is 17.4 Å². The maximum absolute atomic E-state index is 8.93. The van der Waals surface area contributed by atoms with E-state index in [0.717, 1.165) is 5.75 Å². The third-order valence-electron chi connectivity index (χ3n) is 2.75. The fourth-order valence-electron chi connectivity index (χ4n) is 1.71. The van der Waals surface area contributed by atoms with Gasteiger partial charge in [-0.05, 0) is 31.2 Å². The van der Waals surface area contributed by atoms with E-state index in [0.29, 0.717) is 30.7 Å². The second-order valence-electron chi connectivity index (χ2n) is 4.35. The Balaban J connectivity index is 2.06. The number of aliphatic hydroxyl groups excluding tert-OH is 1. The van der Waals surface area contributed by atoms with Crippen molar-refractivity contribution in [2.24, 2.45) is 0 Å². The van der Waals surface area contributed by atoms with Gasteiger partial charge in [-0.2, -0.15) is 4.98 Å². The van der Waals surface area contributed by atoms with Crippen molar-refractivity contribution in [1.82, 2.24) is 9.97 Å². The molecule has 0 saturated heterocycles. The summed E-state index contributed by atoms with van der Waals surface area (Å²) in [5, 5.41) is 8.93. The minimum absolute atomic E-state index is 0.0455. The number of aliphatic hydroxyl groups is 1. The SMILES string of the molecule is CCOc1ccc(Oc2ccnc(N(C)CCO)n2)cc1. The van der Waals surface area contributed by atoms with Gasteiger partial charge in [0.15, 0.2) is 0 Å². The molecule has 2 rings (SSSR count). The fourth-order valence-corrected chi connectivity index (χ4v) is 1.71. The zero-order valence-electron chi connectivity index (χ0n) is 12.2. The number of hydrogen-bond donors (Lipinski definition) is 1. The molecule has 1 heterocycles. The largest absolute Gasteiger partial charge is 0.494 e. The van der Waals surface area contributed by atoms with Crippen molar-refractivity contribution in [3.8, 4) is 17.4 Å². The Hall–Kier alpha value is -2.34. The molecule has 6 heteroatoms. The van der Waals surface area contributed by atoms with Gasteiger partial charge in [0.05, 0.1) is 13.2 Å². The molecule has 0 aliphatic rings. The summed E-state index contributed by atoms with van der Waals surface area (Å²) < 4.78 is 11.1. The summed E-state index contributed by atoms with van der Waals surface area (Å²) in [6.07, 6.45) is 1.63. The van der Waals surface area contributed by atoms with Crippen molar-refractivity contribution < 1.29 is 14.6 Å². The Kier molecular flexibility index (Phi) is 5.34. The Labute approximate surface area is 124 Å². The molecular weight excluding hydrogens is 270 g/mol. The van der Waals surface area contributed by atoms with Gasteiger partial charge in [-0.3, -0.25) is 0 Å². The second-order valence-corrected chi connectivity index (χ2v) is 4.35. The molecule has 0 amide bonds. The lowest BCUT2D eigenvalue weighted by Gasteiger charge is -2.15. The molecule has 0 radical (unpaired) electrons. The van der Waals surface area contributed by atoms with Crippen molar-refractivity contribution in [2.75, 3.05) is 31.7 Å². The van der Waals surface area contributed by atoms with Gasteiger partial charge in [0.2, 0.25) is 11.8 Å². The summed E-state index contributed by atoms with van der Waals surface area (Å²) in [6, 6.07) is 9.03. The Morgan fingerprint density at radius 1 is 1.14 bits per heavy atom. The van der Waals surface area contributed by atoms with E-state index in [-0.39, 0.29) is 6.61 Å². The third kappa shape index (κ3) is 4.32. The highest BCUT2D eigenvalue weighted by Gasteiger charge is 2.06. The average Bonchev–Trinajstić information content (AvgIpc) is 2.50. The first-order valence-corrected chi connectivity index (χ1v) is 6.78. The van der Waals surface area contributed by atoms with Crippen LogP contribution in [0.1, 0.15) is 6.92 Å². The third-order valence-corrected chi connectivity index (χ3v) is 2.75. The summed E-state index contributed by atoms with van der Waals surface area (Å²) in [5.74, 6) is 2.44. The van der Waals surface area contributed by atoms with Gasteiger partial charge in [-0.25, -0.2) is 4.98 Å². The van der Waals surface area contributed by atoms with Crippen LogP contribution in [-0.4, -0.2) is 41.9 Å². The van der Waals surface area contributed by atoms with E-state index in [1.807, 2.05) is 38.2 Å². The van der Waals surface area contributed by atoms with E-state index in [9.17, 15) is 0 Å². The molecule has 0 aliphatic carbocycles. The number of hydrogen-bond acceptors (Lipinski definition) is 6. The monoisotopic (exact) mass is 289 g/mol. The smallest absolute Gasteiger partial charge is 0.228 e. The molecule has 112 valence electrons. The zero-order chi connectivity index (χ0) is 15.1. The van der Waals surface area contributed by atoms with Gasteiger partial charge in [-0.1, -0.05) is 0 Å². The molecule has 6 nitrogen and oxygen atoms in total. The van der Waals surface area contributed by atoms with Crippen LogP contribution < -0.4 is 14.4 Å². The maximum atomic E-state index is 8.93. The molecule has 1 N–H and O–H groups in total. The lowest BCUT2D eigenvalue weighted by molar-refractivity contribution is 0.303. The summed E-state index contributed by atoms with van der Waals surface area (Å²) in [6.45, 7) is 3.08. The topological polar surface area (TPSA) is 67.7 Å². The highest BCUT2D eigenvalue weighted by Crippen LogP contribution is 2.23. The Morgan fingerprint density at radius 2 is 1.86 bits per heavy atom. The Morgan fingerprint density at radius 3 is 2.52 bits per heavy atom. The van der Waals surface area contributed by atoms with Gasteiger partial charge >= 0.3 is 0 Å². The van der Waals surface area contributed by atoms with Gasteiger partial charge < -0.3 is 19.5 Å². The maximum Gasteiger partial charge on any atom is 0.228 e. The van der Waals surface area contributed by atoms with Crippen LogP contribution in [0, 0.1) is 0 Å². The van der Waals surface area contributed by atoms with Gasteiger partial charge in [0.25, 0.3) is 0 Å². The van der Waals surface area contributed by atoms with Crippen LogP contribution in [0.4, 0.5) is 5.95 Å². The van der Waals surface area contributed by atoms with Crippen molar-refractivity contribution >= 4 is 5.95 Å². The number of rotatable bonds is 7. The number of ether oxygens (including phenoxy) is 2. The lowest BCUT2D eigenvalue weighted by Crippen LogP contribution is -2.23. The van der Waals surface area contributed by atoms with Crippen LogP contribution in [-0.2, 0) is 0 Å². The molecular formula is C15H19N3O3. The van der Waals surface area contributed by atoms with Gasteiger partial charge in [-0.15, -0.1) is 0 Å². The first kappa shape index (κ1) is 15.1. The molecule has 0 aliphatic heterocycles. The number of anilines is 1. The molecule has 0 bridgehead atoms. The number of likely N-dealkylation sites (N-methyl/N-ethyl adjacent to an activating group) is 1. The normalized spacial score (nSPS) is 10.2. The van der Waals surface area contributed by atoms with Crippen molar-refractivity contribution in [1.29, 1.82) is 0 Å². The van der Waals surface area contributed by atoms with Gasteiger partial charge in [0, 0.05) is 25.9 Å². The van der Waals surface area contributed by atoms with Crippen LogP contribution >= 0.6 is 0 Å². The van der Waals surface area contributed by atoms with E-state index in [1.54, 1.807) is 17.2 Å². The minimum atomic E-state index is 0.0455. The molecule has 0 fully saturated rings. The molecule has 1 aromatic carbocycles. The Bertz CT molecular complexity index is 560. The summed E-state index contributed by atoms with van der Waals surface area (Å²) in [4.78, 5) is 10.2. The standard InChI is InChI=1S/C15H19N3O3/c1-3-20-12-4-6-13(7-5-12)21-14-8-9-16-15(17-14)18(2)10-11-19/h4-9,19H,3,10-11H2,1-2H3. The predicted octanol–water partition coefficient (Wildman–Crippen LogP) is 2.10. The fraction of sp³-hybridized carbons (Fsp3) is 0.333. The number of nitrogens with zero attached hydrogens (tertiary/aromatic N) is 3. The number of benzene rings is 1. The van der Waals surface area contributed by atoms with Crippen molar-refractivity contribution in [3.63, 3.8) is 0 Å². The first-order chi connectivity index (χ1) is 10.2. The van der Waals surface area contributed by atoms with E-state index in [1.165, 1.54) is 0 Å². The molecule has 1 aromatic heterocycles. The summed E-state index contributed by atoms with van der Waals surface area (Å²) in [5.41, 5.74) is 0. The van der Waals surface area contributed by atoms with E-state index < -0.39 is 0 Å². The second kappa shape index (κ2) is 7.44. The van der Waals surface area contributed by atoms with E-state index in [4.69, 9.17) is 14.6 Å². The average molecular weight is 289 g/mol. The highest BCUT2D eigenvalue weighted by atomic mass is 16.5. The molecule has 0 spiro atoms. The molecule has 21 heavy (non-hydrogen) atoms. The highest BCUT2D eigenvalue weighted by molar-refractivity contribution is 5.35. The minimum Gasteiger partial charge on any atom is -0.494 e. The van der Waals surface area contributed by atoms with Crippen LogP contribution in [0.2, 0.25) is 0 Å². The van der Waals surface area contributed by atoms with Crippen LogP contribution in [0.3, 0.4) is 0 Å². The van der Waals surface area contributed by atoms with Crippen LogP contribution in [0.25, 0.3) is 0 Å². The van der Waals surface area contributed by atoms with Crippen molar-refractivity contribution in [3.05, 3.63) is 36.5 Å². The molecule has 0 unspecified atom stereocenters. The van der Waals surface area contributed by atoms with Gasteiger partial charge in [0.1, 0.15) is 11.5 Å². The quantitative estimate of drug-likeness (QED) is 0.842. The lowest BCUT2D eigenvalue weighted by atomic mass is 10.3. The van der Waals surface area contributed by atoms with E-state index >= 15 is 0 Å². The van der Waals surface area contributed by atoms with Crippen molar-refractivity contribution in [2.45, 2.75) is 6.92 Å². The van der Waals surface area contributed by atoms with E-state index in [2.05, 4.69) is 9.97 Å². The molecule has 2 aromatic rings. The zero-order valence-corrected chi connectivity index (χ0v) is 12.2. The predicted molar refractivity (Wildman–Crippen MR) is 80.1 cm³/mol. The van der Waals surface area contributed by atoms with Crippen LogP contribution in [0.15, 0.2) is 36.5 Å².